The minimum Gasteiger partial charge on any atom is -0.322 e. The summed E-state index contributed by atoms with van der Waals surface area (Å²) < 4.78 is 55.6. The second kappa shape index (κ2) is 8.84. The first kappa shape index (κ1) is 22.8. The van der Waals surface area contributed by atoms with Crippen molar-refractivity contribution in [2.24, 2.45) is 0 Å². The van der Waals surface area contributed by atoms with Gasteiger partial charge in [-0.3, -0.25) is 9.59 Å². The van der Waals surface area contributed by atoms with Crippen LogP contribution < -0.4 is 10.6 Å². The number of carbonyl (C=O) groups excluding carboxylic acids is 2. The lowest BCUT2D eigenvalue weighted by atomic mass is 10.1. The second-order valence-electron chi connectivity index (χ2n) is 6.89. The van der Waals surface area contributed by atoms with Crippen LogP contribution in [0.15, 0.2) is 66.7 Å². The zero-order valence-corrected chi connectivity index (χ0v) is 18.0. The monoisotopic (exact) mass is 492 g/mol. The van der Waals surface area contributed by atoms with Gasteiger partial charge >= 0.3 is 6.18 Å². The lowest BCUT2D eigenvalue weighted by molar-refractivity contribution is -0.136. The van der Waals surface area contributed by atoms with Crippen LogP contribution in [0.1, 0.15) is 25.6 Å². The maximum Gasteiger partial charge on any atom is 0.418 e. The Bertz CT molecular complexity index is 1380. The molecular formula is C23H13ClF4N2O2S. The van der Waals surface area contributed by atoms with Crippen molar-refractivity contribution in [2.45, 2.75) is 6.18 Å². The molecule has 4 nitrogen and oxygen atoms in total. The molecule has 0 fully saturated rings. The molecule has 168 valence electrons. The van der Waals surface area contributed by atoms with E-state index in [-0.39, 0.29) is 21.2 Å². The van der Waals surface area contributed by atoms with Gasteiger partial charge in [0.2, 0.25) is 0 Å². The number of thiophene rings is 1. The van der Waals surface area contributed by atoms with Gasteiger partial charge in [-0.25, -0.2) is 4.39 Å². The fraction of sp³-hybridized carbons (Fsp3) is 0.0435. The zero-order chi connectivity index (χ0) is 23.8. The topological polar surface area (TPSA) is 58.2 Å². The molecule has 2 amide bonds. The molecular weight excluding hydrogens is 480 g/mol. The van der Waals surface area contributed by atoms with Gasteiger partial charge in [0.25, 0.3) is 11.8 Å². The minimum absolute atomic E-state index is 0.0722. The number of hydrogen-bond acceptors (Lipinski definition) is 3. The first-order valence-electron chi connectivity index (χ1n) is 9.40. The van der Waals surface area contributed by atoms with Gasteiger partial charge in [-0.2, -0.15) is 13.2 Å². The number of carbonyl (C=O) groups is 2. The van der Waals surface area contributed by atoms with Crippen molar-refractivity contribution < 1.29 is 27.2 Å². The van der Waals surface area contributed by atoms with E-state index in [1.165, 1.54) is 24.3 Å². The van der Waals surface area contributed by atoms with E-state index in [1.807, 2.05) is 0 Å². The number of alkyl halides is 3. The van der Waals surface area contributed by atoms with Crippen molar-refractivity contribution in [3.05, 3.63) is 93.6 Å². The Labute approximate surface area is 193 Å². The van der Waals surface area contributed by atoms with E-state index < -0.39 is 35.1 Å². The Morgan fingerprint density at radius 2 is 1.58 bits per heavy atom. The lowest BCUT2D eigenvalue weighted by Gasteiger charge is -2.16. The van der Waals surface area contributed by atoms with Gasteiger partial charge in [-0.15, -0.1) is 11.3 Å². The van der Waals surface area contributed by atoms with E-state index in [9.17, 15) is 27.2 Å². The number of amides is 2. The molecule has 4 aromatic rings. The summed E-state index contributed by atoms with van der Waals surface area (Å²) in [5, 5.41) is 5.26. The summed E-state index contributed by atoms with van der Waals surface area (Å²) in [6, 6.07) is 14.9. The average Bonchev–Trinajstić information content (AvgIpc) is 3.11. The Morgan fingerprint density at radius 1 is 0.879 bits per heavy atom. The van der Waals surface area contributed by atoms with Crippen LogP contribution in [0, 0.1) is 5.82 Å². The van der Waals surface area contributed by atoms with Crippen molar-refractivity contribution in [1.29, 1.82) is 0 Å². The van der Waals surface area contributed by atoms with Crippen molar-refractivity contribution in [2.75, 3.05) is 10.6 Å². The Balaban J connectivity index is 1.63. The van der Waals surface area contributed by atoms with E-state index in [0.29, 0.717) is 11.5 Å². The van der Waals surface area contributed by atoms with Crippen LogP contribution in [-0.4, -0.2) is 11.8 Å². The van der Waals surface area contributed by atoms with Gasteiger partial charge in [0.1, 0.15) is 10.7 Å². The van der Waals surface area contributed by atoms with Crippen LogP contribution in [0.3, 0.4) is 0 Å². The first-order valence-corrected chi connectivity index (χ1v) is 10.6. The number of hydrogen-bond donors (Lipinski definition) is 2. The maximum absolute atomic E-state index is 13.8. The van der Waals surface area contributed by atoms with E-state index in [1.54, 1.807) is 24.3 Å². The molecule has 0 radical (unpaired) electrons. The molecule has 33 heavy (non-hydrogen) atoms. The summed E-state index contributed by atoms with van der Waals surface area (Å²) >= 11 is 7.31. The van der Waals surface area contributed by atoms with Gasteiger partial charge in [-0.05, 0) is 36.4 Å². The molecule has 0 aliphatic carbocycles. The van der Waals surface area contributed by atoms with Gasteiger partial charge in [0.15, 0.2) is 0 Å². The predicted molar refractivity (Wildman–Crippen MR) is 121 cm³/mol. The molecule has 0 aliphatic heterocycles. The van der Waals surface area contributed by atoms with E-state index >= 15 is 0 Å². The highest BCUT2D eigenvalue weighted by Crippen LogP contribution is 2.39. The zero-order valence-electron chi connectivity index (χ0n) is 16.5. The molecule has 1 aromatic heterocycles. The van der Waals surface area contributed by atoms with Crippen LogP contribution in [0.25, 0.3) is 10.1 Å². The number of benzene rings is 3. The number of fused-ring (bicyclic) bond motifs is 1. The molecule has 0 bridgehead atoms. The third-order valence-electron chi connectivity index (χ3n) is 4.69. The summed E-state index contributed by atoms with van der Waals surface area (Å²) in [6.45, 7) is 0. The number of rotatable bonds is 4. The second-order valence-corrected chi connectivity index (χ2v) is 8.32. The van der Waals surface area contributed by atoms with E-state index in [4.69, 9.17) is 11.6 Å². The van der Waals surface area contributed by atoms with Gasteiger partial charge in [0, 0.05) is 15.8 Å². The number of anilines is 2. The van der Waals surface area contributed by atoms with Gasteiger partial charge < -0.3 is 10.6 Å². The van der Waals surface area contributed by atoms with Crippen molar-refractivity contribution in [3.63, 3.8) is 0 Å². The first-order chi connectivity index (χ1) is 15.6. The Morgan fingerprint density at radius 3 is 2.27 bits per heavy atom. The molecule has 3 aromatic carbocycles. The molecule has 0 atom stereocenters. The van der Waals surface area contributed by atoms with E-state index in [0.717, 1.165) is 28.2 Å². The number of halogens is 5. The average molecular weight is 493 g/mol. The molecule has 10 heteroatoms. The number of nitrogens with one attached hydrogen (secondary N) is 2. The lowest BCUT2D eigenvalue weighted by Crippen LogP contribution is -2.18. The molecule has 0 spiro atoms. The van der Waals surface area contributed by atoms with Crippen molar-refractivity contribution in [3.8, 4) is 0 Å². The summed E-state index contributed by atoms with van der Waals surface area (Å²) in [5.41, 5.74) is -2.22. The smallest absolute Gasteiger partial charge is 0.322 e. The van der Waals surface area contributed by atoms with E-state index in [2.05, 4.69) is 10.6 Å². The largest absolute Gasteiger partial charge is 0.418 e. The SMILES string of the molecule is O=C(Nc1ccc(NC(=O)c2sc3ccccc3c2Cl)c(C(F)(F)F)c1)c1ccccc1F. The van der Waals surface area contributed by atoms with Crippen molar-refractivity contribution >= 4 is 56.2 Å². The van der Waals surface area contributed by atoms with Crippen LogP contribution >= 0.6 is 22.9 Å². The van der Waals surface area contributed by atoms with Crippen molar-refractivity contribution in [1.82, 2.24) is 0 Å². The molecule has 2 N–H and O–H groups in total. The molecule has 0 saturated heterocycles. The van der Waals surface area contributed by atoms with Crippen LogP contribution in [0.4, 0.5) is 28.9 Å². The predicted octanol–water partition coefficient (Wildman–Crippen LogP) is 7.22. The summed E-state index contributed by atoms with van der Waals surface area (Å²) in [5.74, 6) is -2.51. The van der Waals surface area contributed by atoms with Gasteiger partial charge in [-0.1, -0.05) is 41.9 Å². The quantitative estimate of drug-likeness (QED) is 0.295. The minimum atomic E-state index is -4.84. The molecule has 4 rings (SSSR count). The molecule has 0 aliphatic rings. The van der Waals surface area contributed by atoms with Crippen LogP contribution in [0.2, 0.25) is 5.02 Å². The van der Waals surface area contributed by atoms with Gasteiger partial charge in [0.05, 0.1) is 21.8 Å². The fourth-order valence-corrected chi connectivity index (χ4v) is 4.56. The highest BCUT2D eigenvalue weighted by atomic mass is 35.5. The molecule has 1 heterocycles. The molecule has 0 saturated carbocycles. The van der Waals surface area contributed by atoms with Crippen LogP contribution in [-0.2, 0) is 6.18 Å². The third-order valence-corrected chi connectivity index (χ3v) is 6.36. The summed E-state index contributed by atoms with van der Waals surface area (Å²) in [7, 11) is 0. The standard InChI is InChI=1S/C23H13ClF4N2O2S/c24-19-14-6-2-4-8-18(14)33-20(19)22(32)30-17-10-9-12(11-15(17)23(26,27)28)29-21(31)13-5-1-3-7-16(13)25/h1-11H,(H,29,31)(H,30,32). The maximum atomic E-state index is 13.8. The normalized spacial score (nSPS) is 11.4. The third kappa shape index (κ3) is 4.69. The summed E-state index contributed by atoms with van der Waals surface area (Å²) in [4.78, 5) is 25.0. The molecule has 0 unspecified atom stereocenters. The fourth-order valence-electron chi connectivity index (χ4n) is 3.15. The highest BCUT2D eigenvalue weighted by Gasteiger charge is 2.35. The Hall–Kier alpha value is -3.43. The summed E-state index contributed by atoms with van der Waals surface area (Å²) in [6.07, 6.45) is -4.84. The highest BCUT2D eigenvalue weighted by molar-refractivity contribution is 7.21. The van der Waals surface area contributed by atoms with Crippen LogP contribution in [0.5, 0.6) is 0 Å². The Kier molecular flexibility index (Phi) is 6.09.